The number of aromatic amines is 1. The predicted octanol–water partition coefficient (Wildman–Crippen LogP) is 3.68. The highest BCUT2D eigenvalue weighted by Crippen LogP contribution is 2.46. The molecule has 43 heavy (non-hydrogen) atoms. The predicted molar refractivity (Wildman–Crippen MR) is 155 cm³/mol. The van der Waals surface area contributed by atoms with E-state index in [4.69, 9.17) is 18.5 Å². The van der Waals surface area contributed by atoms with Gasteiger partial charge in [0.05, 0.1) is 18.8 Å². The number of aryl methyl sites for hydroxylation is 1. The summed E-state index contributed by atoms with van der Waals surface area (Å²) in [4.78, 5) is 38.4. The van der Waals surface area contributed by atoms with Crippen molar-refractivity contribution in [2.24, 2.45) is 5.92 Å². The minimum absolute atomic E-state index is 0.141. The van der Waals surface area contributed by atoms with Gasteiger partial charge in [0, 0.05) is 18.2 Å². The Morgan fingerprint density at radius 3 is 2.44 bits per heavy atom. The maximum atomic E-state index is 14.0. The van der Waals surface area contributed by atoms with Gasteiger partial charge >= 0.3 is 19.4 Å². The molecule has 1 aliphatic heterocycles. The molecule has 12 nitrogen and oxygen atoms in total. The molecule has 0 amide bonds. The number of benzene rings is 2. The Balaban J connectivity index is 1.53. The van der Waals surface area contributed by atoms with E-state index in [1.807, 2.05) is 0 Å². The molecule has 14 heteroatoms. The fourth-order valence-corrected chi connectivity index (χ4v) is 6.03. The van der Waals surface area contributed by atoms with Crippen molar-refractivity contribution in [3.05, 3.63) is 86.9 Å². The highest BCUT2D eigenvalue weighted by atomic mass is 31.2. The van der Waals surface area contributed by atoms with Crippen LogP contribution in [-0.4, -0.2) is 51.6 Å². The van der Waals surface area contributed by atoms with Crippen molar-refractivity contribution in [3.63, 3.8) is 0 Å². The zero-order chi connectivity index (χ0) is 31.5. The minimum Gasteiger partial charge on any atom is -0.462 e. The molecule has 0 radical (unpaired) electrons. The molecule has 0 aliphatic carbocycles. The van der Waals surface area contributed by atoms with Gasteiger partial charge in [0.1, 0.15) is 29.9 Å². The third kappa shape index (κ3) is 7.87. The summed E-state index contributed by atoms with van der Waals surface area (Å²) in [5.41, 5.74) is 0.715. The number of esters is 1. The molecule has 0 bridgehead atoms. The van der Waals surface area contributed by atoms with Crippen LogP contribution in [0.15, 0.2) is 64.3 Å². The number of aromatic nitrogens is 2. The van der Waals surface area contributed by atoms with Crippen LogP contribution in [0.1, 0.15) is 39.5 Å². The van der Waals surface area contributed by atoms with Crippen LogP contribution in [0.5, 0.6) is 5.75 Å². The van der Waals surface area contributed by atoms with Crippen LogP contribution in [0.3, 0.4) is 0 Å². The second-order valence-electron chi connectivity index (χ2n) is 10.6. The van der Waals surface area contributed by atoms with Crippen LogP contribution in [-0.2, 0) is 23.4 Å². The molecule has 3 aromatic rings. The van der Waals surface area contributed by atoms with E-state index in [9.17, 15) is 28.4 Å². The summed E-state index contributed by atoms with van der Waals surface area (Å²) in [6.07, 6.45) is -2.29. The normalized spacial score (nSPS) is 22.2. The first-order valence-corrected chi connectivity index (χ1v) is 15.2. The first kappa shape index (κ1) is 32.3. The number of hydrogen-bond donors (Lipinski definition) is 3. The number of hydrogen-bond acceptors (Lipinski definition) is 9. The third-order valence-corrected chi connectivity index (χ3v) is 8.49. The second kappa shape index (κ2) is 13.4. The van der Waals surface area contributed by atoms with Gasteiger partial charge in [0.15, 0.2) is 0 Å². The highest BCUT2D eigenvalue weighted by Gasteiger charge is 2.44. The van der Waals surface area contributed by atoms with Crippen LogP contribution in [0.25, 0.3) is 11.1 Å². The number of aliphatic hydroxyl groups is 1. The molecule has 2 aromatic carbocycles. The Hall–Kier alpha value is -3.61. The SMILES string of the molecule is Cc1cc(-c2ccc(OP(=O)(N[C@@H](C)C(=O)OC(C)C)OC[C@H]3O[C@@H](n4ccc(=O)[nH]c4=O)[C@@H](C)[C@@H]3O)cc2)ccc1F. The lowest BCUT2D eigenvalue weighted by molar-refractivity contribution is -0.149. The summed E-state index contributed by atoms with van der Waals surface area (Å²) < 4.78 is 51.3. The van der Waals surface area contributed by atoms with E-state index >= 15 is 0 Å². The topological polar surface area (TPSA) is 158 Å². The first-order valence-electron chi connectivity index (χ1n) is 13.7. The lowest BCUT2D eigenvalue weighted by Gasteiger charge is -2.25. The number of H-pyrrole nitrogens is 1. The van der Waals surface area contributed by atoms with Crippen molar-refractivity contribution >= 4 is 13.7 Å². The van der Waals surface area contributed by atoms with Crippen molar-refractivity contribution in [2.45, 2.75) is 65.2 Å². The lowest BCUT2D eigenvalue weighted by atomic mass is 10.0. The van der Waals surface area contributed by atoms with E-state index in [1.54, 1.807) is 64.1 Å². The molecule has 1 aliphatic rings. The Morgan fingerprint density at radius 1 is 1.14 bits per heavy atom. The maximum absolute atomic E-state index is 14.0. The standard InChI is InChI=1S/C29H35FN3O9P/c1-16(2)40-28(36)19(5)32-43(38,42-22-9-6-20(7-10-22)21-8-11-23(30)17(3)14-21)39-15-24-26(35)18(4)27(41-24)33-13-12-25(34)31-29(33)37/h6-14,16,18-19,24,26-27,35H,15H2,1-5H3,(H,32,38)(H,31,34,37)/t18-,19-,24+,26-,27+,43?/m0/s1. The summed E-state index contributed by atoms with van der Waals surface area (Å²) in [7, 11) is -4.31. The number of ether oxygens (including phenoxy) is 2. The third-order valence-electron chi connectivity index (χ3n) is 6.85. The van der Waals surface area contributed by atoms with Gasteiger partial charge in [-0.3, -0.25) is 23.7 Å². The van der Waals surface area contributed by atoms with E-state index < -0.39 is 68.1 Å². The zero-order valence-corrected chi connectivity index (χ0v) is 25.2. The quantitative estimate of drug-likeness (QED) is 0.214. The molecule has 0 spiro atoms. The summed E-state index contributed by atoms with van der Waals surface area (Å²) in [6.45, 7) is 7.65. The van der Waals surface area contributed by atoms with E-state index in [2.05, 4.69) is 10.1 Å². The van der Waals surface area contributed by atoms with Crippen LogP contribution in [0.4, 0.5) is 4.39 Å². The van der Waals surface area contributed by atoms with E-state index in [0.29, 0.717) is 5.56 Å². The van der Waals surface area contributed by atoms with Gasteiger partial charge in [-0.15, -0.1) is 0 Å². The number of rotatable bonds is 11. The first-order chi connectivity index (χ1) is 20.3. The fraction of sp³-hybridized carbons (Fsp3) is 0.414. The van der Waals surface area contributed by atoms with Crippen LogP contribution >= 0.6 is 7.75 Å². The number of carbonyl (C=O) groups excluding carboxylic acids is 1. The van der Waals surface area contributed by atoms with E-state index in [-0.39, 0.29) is 11.6 Å². The Kier molecular flexibility index (Phi) is 10.0. The van der Waals surface area contributed by atoms with Crippen molar-refractivity contribution in [1.29, 1.82) is 0 Å². The van der Waals surface area contributed by atoms with Gasteiger partial charge in [0.25, 0.3) is 5.56 Å². The number of carbonyl (C=O) groups is 1. The van der Waals surface area contributed by atoms with Crippen molar-refractivity contribution in [2.75, 3.05) is 6.61 Å². The van der Waals surface area contributed by atoms with E-state index in [0.717, 1.165) is 21.8 Å². The molecule has 2 heterocycles. The number of halogens is 1. The van der Waals surface area contributed by atoms with Gasteiger partial charge in [-0.1, -0.05) is 25.1 Å². The van der Waals surface area contributed by atoms with Crippen LogP contribution in [0, 0.1) is 18.7 Å². The largest absolute Gasteiger partial charge is 0.462 e. The minimum atomic E-state index is -4.31. The number of nitrogens with one attached hydrogen (secondary N) is 2. The fourth-order valence-electron chi connectivity index (χ4n) is 4.53. The summed E-state index contributed by atoms with van der Waals surface area (Å²) in [5, 5.41) is 13.4. The molecule has 1 aromatic heterocycles. The maximum Gasteiger partial charge on any atom is 0.459 e. The Morgan fingerprint density at radius 2 is 1.81 bits per heavy atom. The van der Waals surface area contributed by atoms with Crippen LogP contribution in [0.2, 0.25) is 0 Å². The van der Waals surface area contributed by atoms with Crippen molar-refractivity contribution in [3.8, 4) is 16.9 Å². The highest BCUT2D eigenvalue weighted by molar-refractivity contribution is 7.52. The molecule has 3 N–H and O–H groups in total. The average molecular weight is 620 g/mol. The number of aliphatic hydroxyl groups excluding tert-OH is 1. The summed E-state index contributed by atoms with van der Waals surface area (Å²) >= 11 is 0. The molecule has 6 atom stereocenters. The van der Waals surface area contributed by atoms with E-state index in [1.165, 1.54) is 19.2 Å². The average Bonchev–Trinajstić information content (AvgIpc) is 3.22. The molecular formula is C29H35FN3O9P. The van der Waals surface area contributed by atoms with Crippen molar-refractivity contribution in [1.82, 2.24) is 14.6 Å². The molecule has 1 fully saturated rings. The van der Waals surface area contributed by atoms with Gasteiger partial charge in [-0.05, 0) is 68.7 Å². The van der Waals surface area contributed by atoms with Crippen LogP contribution < -0.4 is 20.9 Å². The molecule has 1 saturated heterocycles. The summed E-state index contributed by atoms with van der Waals surface area (Å²) in [6, 6.07) is 11.2. The lowest BCUT2D eigenvalue weighted by Crippen LogP contribution is -2.37. The van der Waals surface area contributed by atoms with Gasteiger partial charge in [-0.2, -0.15) is 5.09 Å². The molecule has 4 rings (SSSR count). The van der Waals surface area contributed by atoms with Gasteiger partial charge in [-0.25, -0.2) is 13.8 Å². The molecule has 1 unspecified atom stereocenters. The number of nitrogens with zero attached hydrogens (tertiary/aromatic N) is 1. The zero-order valence-electron chi connectivity index (χ0n) is 24.4. The Bertz CT molecular complexity index is 1610. The Labute approximate surface area is 247 Å². The molecule has 0 saturated carbocycles. The monoisotopic (exact) mass is 619 g/mol. The van der Waals surface area contributed by atoms with Gasteiger partial charge < -0.3 is 19.1 Å². The smallest absolute Gasteiger partial charge is 0.459 e. The van der Waals surface area contributed by atoms with Crippen molar-refractivity contribution < 1.29 is 37.4 Å². The molecular weight excluding hydrogens is 584 g/mol. The summed E-state index contributed by atoms with van der Waals surface area (Å²) in [5.74, 6) is -1.47. The molecule has 232 valence electrons. The second-order valence-corrected chi connectivity index (χ2v) is 12.3. The van der Waals surface area contributed by atoms with Gasteiger partial charge in [0.2, 0.25) is 0 Å².